The Balaban J connectivity index is 2.67. The molecule has 0 radical (unpaired) electrons. The number of nitrogens with zero attached hydrogens (tertiary/aromatic N) is 1. The van der Waals surface area contributed by atoms with Crippen molar-refractivity contribution in [3.8, 4) is 0 Å². The first kappa shape index (κ1) is 11.5. The van der Waals surface area contributed by atoms with Crippen molar-refractivity contribution in [1.29, 1.82) is 0 Å². The number of non-ortho nitro benzene ring substituents is 1. The first-order valence-electron chi connectivity index (χ1n) is 4.79. The second-order valence-corrected chi connectivity index (χ2v) is 3.24. The van der Waals surface area contributed by atoms with Crippen molar-refractivity contribution in [2.24, 2.45) is 0 Å². The Labute approximate surface area is 87.9 Å². The van der Waals surface area contributed by atoms with Crippen LogP contribution in [-0.2, 0) is 0 Å². The molecule has 0 bridgehead atoms. The fourth-order valence-electron chi connectivity index (χ4n) is 1.19. The standard InChI is InChI=1S/C10H14N2O3/c1-2-8(7-13)11-9-3-5-10(6-4-9)12(14)15/h3-6,8,11,13H,2,7H2,1H3/t8-/m0/s1. The molecule has 0 spiro atoms. The lowest BCUT2D eigenvalue weighted by atomic mass is 10.2. The quantitative estimate of drug-likeness (QED) is 0.573. The maximum absolute atomic E-state index is 10.4. The van der Waals surface area contributed by atoms with Gasteiger partial charge in [0.2, 0.25) is 0 Å². The van der Waals surface area contributed by atoms with E-state index < -0.39 is 4.92 Å². The average Bonchev–Trinajstić information content (AvgIpc) is 2.26. The molecule has 1 aromatic rings. The normalized spacial score (nSPS) is 12.1. The minimum absolute atomic E-state index is 0.00791. The molecule has 5 heteroatoms. The second-order valence-electron chi connectivity index (χ2n) is 3.24. The third-order valence-corrected chi connectivity index (χ3v) is 2.16. The van der Waals surface area contributed by atoms with Gasteiger partial charge in [0, 0.05) is 23.9 Å². The van der Waals surface area contributed by atoms with Gasteiger partial charge < -0.3 is 10.4 Å². The van der Waals surface area contributed by atoms with Crippen molar-refractivity contribution >= 4 is 11.4 Å². The molecule has 82 valence electrons. The molecule has 0 aromatic heterocycles. The van der Waals surface area contributed by atoms with Crippen LogP contribution in [0.2, 0.25) is 0 Å². The third-order valence-electron chi connectivity index (χ3n) is 2.16. The zero-order chi connectivity index (χ0) is 11.3. The van der Waals surface area contributed by atoms with E-state index in [-0.39, 0.29) is 18.3 Å². The van der Waals surface area contributed by atoms with Crippen molar-refractivity contribution in [2.45, 2.75) is 19.4 Å². The number of nitro groups is 1. The van der Waals surface area contributed by atoms with Crippen molar-refractivity contribution < 1.29 is 10.0 Å². The van der Waals surface area contributed by atoms with Gasteiger partial charge in [-0.15, -0.1) is 0 Å². The molecule has 5 nitrogen and oxygen atoms in total. The number of anilines is 1. The van der Waals surface area contributed by atoms with E-state index in [1.54, 1.807) is 12.1 Å². The average molecular weight is 210 g/mol. The third kappa shape index (κ3) is 3.21. The lowest BCUT2D eigenvalue weighted by molar-refractivity contribution is -0.384. The summed E-state index contributed by atoms with van der Waals surface area (Å²) in [7, 11) is 0. The van der Waals surface area contributed by atoms with Crippen LogP contribution in [-0.4, -0.2) is 22.7 Å². The summed E-state index contributed by atoms with van der Waals surface area (Å²) in [6.07, 6.45) is 0.799. The summed E-state index contributed by atoms with van der Waals surface area (Å²) in [5.74, 6) is 0. The lowest BCUT2D eigenvalue weighted by Crippen LogP contribution is -2.22. The second kappa shape index (κ2) is 5.31. The Morgan fingerprint density at radius 3 is 2.47 bits per heavy atom. The summed E-state index contributed by atoms with van der Waals surface area (Å²) in [5.41, 5.74) is 0.846. The predicted octanol–water partition coefficient (Wildman–Crippen LogP) is 1.78. The lowest BCUT2D eigenvalue weighted by Gasteiger charge is -2.14. The maximum Gasteiger partial charge on any atom is 0.269 e. The fraction of sp³-hybridized carbons (Fsp3) is 0.400. The summed E-state index contributed by atoms with van der Waals surface area (Å²) >= 11 is 0. The number of rotatable bonds is 5. The van der Waals surface area contributed by atoms with Gasteiger partial charge in [-0.05, 0) is 18.6 Å². The maximum atomic E-state index is 10.4. The minimum Gasteiger partial charge on any atom is -0.394 e. The van der Waals surface area contributed by atoms with Gasteiger partial charge in [0.1, 0.15) is 0 Å². The molecule has 0 saturated heterocycles. The Morgan fingerprint density at radius 2 is 2.07 bits per heavy atom. The molecule has 15 heavy (non-hydrogen) atoms. The Morgan fingerprint density at radius 1 is 1.47 bits per heavy atom. The molecule has 0 fully saturated rings. The summed E-state index contributed by atoms with van der Waals surface area (Å²) in [6, 6.07) is 6.14. The topological polar surface area (TPSA) is 75.4 Å². The van der Waals surface area contributed by atoms with Crippen LogP contribution in [0.15, 0.2) is 24.3 Å². The Hall–Kier alpha value is -1.62. The van der Waals surface area contributed by atoms with E-state index in [4.69, 9.17) is 5.11 Å². The van der Waals surface area contributed by atoms with E-state index >= 15 is 0 Å². The first-order chi connectivity index (χ1) is 7.17. The van der Waals surface area contributed by atoms with Crippen LogP contribution < -0.4 is 5.32 Å². The van der Waals surface area contributed by atoms with Crippen molar-refractivity contribution in [3.63, 3.8) is 0 Å². The Kier molecular flexibility index (Phi) is 4.05. The Bertz CT molecular complexity index is 320. The monoisotopic (exact) mass is 210 g/mol. The van der Waals surface area contributed by atoms with Crippen LogP contribution >= 0.6 is 0 Å². The number of aliphatic hydroxyl groups is 1. The van der Waals surface area contributed by atoms with E-state index in [0.717, 1.165) is 12.1 Å². The van der Waals surface area contributed by atoms with Crippen LogP contribution in [0.25, 0.3) is 0 Å². The van der Waals surface area contributed by atoms with E-state index in [1.165, 1.54) is 12.1 Å². The number of hydrogen-bond acceptors (Lipinski definition) is 4. The predicted molar refractivity (Wildman–Crippen MR) is 57.9 cm³/mol. The molecule has 1 atom stereocenters. The first-order valence-corrected chi connectivity index (χ1v) is 4.79. The number of aliphatic hydroxyl groups excluding tert-OH is 1. The SMILES string of the molecule is CC[C@@H](CO)Nc1ccc([N+](=O)[O-])cc1. The van der Waals surface area contributed by atoms with Gasteiger partial charge in [0.15, 0.2) is 0 Å². The number of nitro benzene ring substituents is 1. The summed E-state index contributed by atoms with van der Waals surface area (Å²) in [4.78, 5) is 9.95. The zero-order valence-electron chi connectivity index (χ0n) is 8.51. The molecular weight excluding hydrogens is 196 g/mol. The minimum atomic E-state index is -0.437. The van der Waals surface area contributed by atoms with Gasteiger partial charge in [0.05, 0.1) is 11.5 Å². The van der Waals surface area contributed by atoms with Gasteiger partial charge in [-0.2, -0.15) is 0 Å². The van der Waals surface area contributed by atoms with Gasteiger partial charge >= 0.3 is 0 Å². The molecule has 2 N–H and O–H groups in total. The van der Waals surface area contributed by atoms with Crippen molar-refractivity contribution in [3.05, 3.63) is 34.4 Å². The van der Waals surface area contributed by atoms with E-state index in [2.05, 4.69) is 5.32 Å². The van der Waals surface area contributed by atoms with E-state index in [0.29, 0.717) is 0 Å². The van der Waals surface area contributed by atoms with Gasteiger partial charge in [0.25, 0.3) is 5.69 Å². The van der Waals surface area contributed by atoms with E-state index in [9.17, 15) is 10.1 Å². The number of nitrogens with one attached hydrogen (secondary N) is 1. The molecule has 0 heterocycles. The van der Waals surface area contributed by atoms with Crippen LogP contribution in [0.4, 0.5) is 11.4 Å². The van der Waals surface area contributed by atoms with Gasteiger partial charge in [-0.3, -0.25) is 10.1 Å². The molecule has 1 aromatic carbocycles. The van der Waals surface area contributed by atoms with Crippen LogP contribution in [0.5, 0.6) is 0 Å². The molecule has 0 aliphatic heterocycles. The number of hydrogen-bond donors (Lipinski definition) is 2. The van der Waals surface area contributed by atoms with Gasteiger partial charge in [-0.1, -0.05) is 6.92 Å². The summed E-state index contributed by atoms with van der Waals surface area (Å²) < 4.78 is 0. The molecule has 0 saturated carbocycles. The molecule has 0 aliphatic rings. The summed E-state index contributed by atoms with van der Waals surface area (Å²) in [5, 5.41) is 22.4. The van der Waals surface area contributed by atoms with Crippen LogP contribution in [0.3, 0.4) is 0 Å². The fourth-order valence-corrected chi connectivity index (χ4v) is 1.19. The molecule has 0 unspecified atom stereocenters. The van der Waals surface area contributed by atoms with Crippen LogP contribution in [0, 0.1) is 10.1 Å². The highest BCUT2D eigenvalue weighted by atomic mass is 16.6. The highest BCUT2D eigenvalue weighted by Gasteiger charge is 2.06. The molecule has 0 amide bonds. The van der Waals surface area contributed by atoms with Crippen LogP contribution in [0.1, 0.15) is 13.3 Å². The van der Waals surface area contributed by atoms with Gasteiger partial charge in [-0.25, -0.2) is 0 Å². The number of benzene rings is 1. The molecular formula is C10H14N2O3. The van der Waals surface area contributed by atoms with E-state index in [1.807, 2.05) is 6.92 Å². The van der Waals surface area contributed by atoms with Crippen molar-refractivity contribution in [2.75, 3.05) is 11.9 Å². The molecule has 1 rings (SSSR count). The van der Waals surface area contributed by atoms with Crippen molar-refractivity contribution in [1.82, 2.24) is 0 Å². The highest BCUT2D eigenvalue weighted by molar-refractivity contribution is 5.49. The summed E-state index contributed by atoms with van der Waals surface area (Å²) in [6.45, 7) is 2.01. The zero-order valence-corrected chi connectivity index (χ0v) is 8.51. The largest absolute Gasteiger partial charge is 0.394 e. The smallest absolute Gasteiger partial charge is 0.269 e. The highest BCUT2D eigenvalue weighted by Crippen LogP contribution is 2.16. The molecule has 0 aliphatic carbocycles.